The molecular weight excluding hydrogens is 348 g/mol. The van der Waals surface area contributed by atoms with E-state index in [-0.39, 0.29) is 23.6 Å². The average Bonchev–Trinajstić information content (AvgIpc) is 3.60. The quantitative estimate of drug-likeness (QED) is 0.599. The van der Waals surface area contributed by atoms with Crippen molar-refractivity contribution in [1.29, 1.82) is 0 Å². The SMILES string of the molecule is O=c1c(-c2ccccc2)c(OCC2CO2)oc2cccc(OCC3CO3)c12. The van der Waals surface area contributed by atoms with Crippen LogP contribution in [0, 0.1) is 0 Å². The van der Waals surface area contributed by atoms with Crippen molar-refractivity contribution in [2.45, 2.75) is 12.2 Å². The molecule has 2 saturated heterocycles. The van der Waals surface area contributed by atoms with Crippen molar-refractivity contribution in [1.82, 2.24) is 0 Å². The van der Waals surface area contributed by atoms with Crippen molar-refractivity contribution in [2.75, 3.05) is 26.4 Å². The van der Waals surface area contributed by atoms with E-state index in [2.05, 4.69) is 0 Å². The molecule has 0 N–H and O–H groups in total. The Morgan fingerprint density at radius 3 is 2.30 bits per heavy atom. The molecule has 0 spiro atoms. The summed E-state index contributed by atoms with van der Waals surface area (Å²) in [5.74, 6) is 0.697. The van der Waals surface area contributed by atoms with Gasteiger partial charge in [0.2, 0.25) is 5.43 Å². The largest absolute Gasteiger partial charge is 0.490 e. The Kier molecular flexibility index (Phi) is 4.07. The van der Waals surface area contributed by atoms with Crippen LogP contribution in [0.2, 0.25) is 0 Å². The van der Waals surface area contributed by atoms with E-state index >= 15 is 0 Å². The van der Waals surface area contributed by atoms with Crippen LogP contribution in [0.5, 0.6) is 11.7 Å². The normalized spacial score (nSPS) is 20.4. The van der Waals surface area contributed by atoms with Crippen molar-refractivity contribution >= 4 is 11.0 Å². The summed E-state index contributed by atoms with van der Waals surface area (Å²) in [4.78, 5) is 13.4. The first-order valence-electron chi connectivity index (χ1n) is 8.93. The number of hydrogen-bond donors (Lipinski definition) is 0. The fraction of sp³-hybridized carbons (Fsp3) is 0.286. The van der Waals surface area contributed by atoms with Crippen LogP contribution < -0.4 is 14.9 Å². The molecule has 0 saturated carbocycles. The number of ether oxygens (including phenoxy) is 4. The maximum atomic E-state index is 13.4. The molecule has 2 fully saturated rings. The minimum atomic E-state index is -0.179. The van der Waals surface area contributed by atoms with E-state index in [1.807, 2.05) is 30.3 Å². The number of benzene rings is 2. The monoisotopic (exact) mass is 366 g/mol. The first-order valence-corrected chi connectivity index (χ1v) is 8.93. The first-order chi connectivity index (χ1) is 13.3. The van der Waals surface area contributed by atoms with Crippen LogP contribution in [0.1, 0.15) is 0 Å². The molecule has 0 radical (unpaired) electrons. The minimum Gasteiger partial charge on any atom is -0.490 e. The summed E-state index contributed by atoms with van der Waals surface area (Å²) in [5, 5.41) is 0.409. The van der Waals surface area contributed by atoms with Gasteiger partial charge >= 0.3 is 0 Å². The second-order valence-electron chi connectivity index (χ2n) is 6.62. The first kappa shape index (κ1) is 16.4. The van der Waals surface area contributed by atoms with Crippen LogP contribution in [0.15, 0.2) is 57.7 Å². The summed E-state index contributed by atoms with van der Waals surface area (Å²) in [5.41, 5.74) is 1.38. The fourth-order valence-electron chi connectivity index (χ4n) is 2.94. The van der Waals surface area contributed by atoms with Crippen molar-refractivity contribution in [3.8, 4) is 22.8 Å². The maximum Gasteiger partial charge on any atom is 0.297 e. The molecule has 2 aliphatic rings. The Morgan fingerprint density at radius 1 is 0.889 bits per heavy atom. The predicted molar refractivity (Wildman–Crippen MR) is 98.4 cm³/mol. The topological polar surface area (TPSA) is 73.7 Å². The predicted octanol–water partition coefficient (Wildman–Crippen LogP) is 3.02. The smallest absolute Gasteiger partial charge is 0.297 e. The molecule has 3 aromatic rings. The van der Waals surface area contributed by atoms with Gasteiger partial charge in [0.1, 0.15) is 47.7 Å². The van der Waals surface area contributed by atoms with Crippen molar-refractivity contribution < 1.29 is 23.4 Å². The number of hydrogen-bond acceptors (Lipinski definition) is 6. The van der Waals surface area contributed by atoms with Crippen molar-refractivity contribution in [3.05, 3.63) is 58.8 Å². The van der Waals surface area contributed by atoms with Gasteiger partial charge in [0, 0.05) is 0 Å². The Labute approximate surface area is 155 Å². The molecule has 2 unspecified atom stereocenters. The van der Waals surface area contributed by atoms with E-state index in [0.717, 1.165) is 5.56 Å². The van der Waals surface area contributed by atoms with Gasteiger partial charge in [0.25, 0.3) is 5.95 Å². The molecule has 2 aliphatic heterocycles. The Hall–Kier alpha value is -2.83. The molecule has 2 atom stereocenters. The second kappa shape index (κ2) is 6.72. The number of fused-ring (bicyclic) bond motifs is 1. The molecule has 1 aromatic heterocycles. The third kappa shape index (κ3) is 3.41. The fourth-order valence-corrected chi connectivity index (χ4v) is 2.94. The van der Waals surface area contributed by atoms with Gasteiger partial charge in [-0.05, 0) is 17.7 Å². The minimum absolute atomic E-state index is 0.0582. The molecule has 0 amide bonds. The zero-order chi connectivity index (χ0) is 18.2. The van der Waals surface area contributed by atoms with E-state index < -0.39 is 0 Å². The van der Waals surface area contributed by atoms with Crippen LogP contribution in [-0.2, 0) is 9.47 Å². The van der Waals surface area contributed by atoms with Crippen molar-refractivity contribution in [3.63, 3.8) is 0 Å². The van der Waals surface area contributed by atoms with Gasteiger partial charge in [-0.25, -0.2) is 0 Å². The summed E-state index contributed by atoms with van der Waals surface area (Å²) in [6, 6.07) is 14.7. The highest BCUT2D eigenvalue weighted by Gasteiger charge is 2.27. The summed E-state index contributed by atoms with van der Waals surface area (Å²) in [7, 11) is 0. The molecule has 5 rings (SSSR count). The highest BCUT2D eigenvalue weighted by atomic mass is 16.6. The standard InChI is InChI=1S/C21H18O6/c22-20-18(13-5-2-1-3-6-13)21(26-12-15-10-24-15)27-17-8-4-7-16(19(17)20)25-11-14-9-23-14/h1-8,14-15H,9-12H2. The highest BCUT2D eigenvalue weighted by Crippen LogP contribution is 2.34. The third-order valence-electron chi connectivity index (χ3n) is 4.54. The van der Waals surface area contributed by atoms with Gasteiger partial charge in [-0.3, -0.25) is 4.79 Å². The molecule has 6 heteroatoms. The van der Waals surface area contributed by atoms with E-state index in [1.165, 1.54) is 0 Å². The van der Waals surface area contributed by atoms with E-state index in [4.69, 9.17) is 23.4 Å². The third-order valence-corrected chi connectivity index (χ3v) is 4.54. The molecule has 0 aliphatic carbocycles. The van der Waals surface area contributed by atoms with E-state index in [0.29, 0.717) is 48.7 Å². The second-order valence-corrected chi connectivity index (χ2v) is 6.62. The summed E-state index contributed by atoms with van der Waals surface area (Å²) in [6.45, 7) is 2.12. The maximum absolute atomic E-state index is 13.4. The number of epoxide rings is 2. The Balaban J connectivity index is 1.64. The summed E-state index contributed by atoms with van der Waals surface area (Å²) < 4.78 is 28.0. The highest BCUT2D eigenvalue weighted by molar-refractivity contribution is 5.88. The van der Waals surface area contributed by atoms with Crippen molar-refractivity contribution in [2.24, 2.45) is 0 Å². The molecule has 138 valence electrons. The lowest BCUT2D eigenvalue weighted by Gasteiger charge is -2.13. The van der Waals surface area contributed by atoms with Gasteiger partial charge in [-0.15, -0.1) is 0 Å². The molecule has 2 aromatic carbocycles. The lowest BCUT2D eigenvalue weighted by Crippen LogP contribution is -2.13. The molecule has 27 heavy (non-hydrogen) atoms. The van der Waals surface area contributed by atoms with Gasteiger partial charge in [-0.1, -0.05) is 36.4 Å². The lowest BCUT2D eigenvalue weighted by molar-refractivity contribution is 0.216. The van der Waals surface area contributed by atoms with Crippen LogP contribution in [0.3, 0.4) is 0 Å². The summed E-state index contributed by atoms with van der Waals surface area (Å²) in [6.07, 6.45) is 0.157. The van der Waals surface area contributed by atoms with Gasteiger partial charge in [0.15, 0.2) is 0 Å². The van der Waals surface area contributed by atoms with Crippen LogP contribution in [-0.4, -0.2) is 38.6 Å². The zero-order valence-corrected chi connectivity index (χ0v) is 14.6. The molecular formula is C21H18O6. The zero-order valence-electron chi connectivity index (χ0n) is 14.6. The molecule has 3 heterocycles. The Morgan fingerprint density at radius 2 is 1.59 bits per heavy atom. The van der Waals surface area contributed by atoms with Crippen LogP contribution in [0.25, 0.3) is 22.1 Å². The van der Waals surface area contributed by atoms with Crippen LogP contribution in [0.4, 0.5) is 0 Å². The van der Waals surface area contributed by atoms with E-state index in [1.54, 1.807) is 18.2 Å². The Bertz CT molecular complexity index is 1020. The van der Waals surface area contributed by atoms with Gasteiger partial charge in [0.05, 0.1) is 13.2 Å². The van der Waals surface area contributed by atoms with E-state index in [9.17, 15) is 4.79 Å². The van der Waals surface area contributed by atoms with Gasteiger partial charge < -0.3 is 23.4 Å². The molecule has 0 bridgehead atoms. The summed E-state index contributed by atoms with van der Waals surface area (Å²) >= 11 is 0. The molecule has 6 nitrogen and oxygen atoms in total. The van der Waals surface area contributed by atoms with Crippen LogP contribution >= 0.6 is 0 Å². The lowest BCUT2D eigenvalue weighted by atomic mass is 10.0. The number of rotatable bonds is 7. The van der Waals surface area contributed by atoms with Gasteiger partial charge in [-0.2, -0.15) is 0 Å². The average molecular weight is 366 g/mol.